The minimum atomic E-state index is -0.307. The number of fused-ring (bicyclic) bond motifs is 2. The second-order valence-electron chi connectivity index (χ2n) is 6.87. The van der Waals surface area contributed by atoms with E-state index >= 15 is 0 Å². The quantitative estimate of drug-likeness (QED) is 0.594. The van der Waals surface area contributed by atoms with Gasteiger partial charge in [0.05, 0.1) is 21.9 Å². The molecule has 0 radical (unpaired) electrons. The number of nitrogens with one attached hydrogen (secondary N) is 1. The molecule has 0 aliphatic carbocycles. The minimum absolute atomic E-state index is 0.0758. The van der Waals surface area contributed by atoms with Crippen LogP contribution in [0.5, 0.6) is 0 Å². The summed E-state index contributed by atoms with van der Waals surface area (Å²) in [5.41, 5.74) is 2.32. The molecule has 0 unspecified atom stereocenters. The number of anilines is 1. The average molecular weight is 363 g/mol. The monoisotopic (exact) mass is 363 g/mol. The van der Waals surface area contributed by atoms with Crippen LogP contribution in [0.15, 0.2) is 53.6 Å². The highest BCUT2D eigenvalue weighted by molar-refractivity contribution is 5.89. The van der Waals surface area contributed by atoms with Gasteiger partial charge in [-0.15, -0.1) is 0 Å². The van der Waals surface area contributed by atoms with Gasteiger partial charge in [0.1, 0.15) is 18.0 Å². The first-order valence-electron chi connectivity index (χ1n) is 9.06. The first kappa shape index (κ1) is 16.0. The molecule has 4 aromatic rings. The van der Waals surface area contributed by atoms with E-state index in [0.717, 1.165) is 23.9 Å². The lowest BCUT2D eigenvalue weighted by molar-refractivity contribution is 0.395. The van der Waals surface area contributed by atoms with Gasteiger partial charge >= 0.3 is 5.69 Å². The molecule has 0 spiro atoms. The number of rotatable bonds is 2. The van der Waals surface area contributed by atoms with E-state index in [1.165, 1.54) is 12.4 Å². The van der Waals surface area contributed by atoms with Crippen LogP contribution in [0.3, 0.4) is 0 Å². The highest BCUT2D eigenvalue weighted by Gasteiger charge is 2.25. The van der Waals surface area contributed by atoms with Crippen molar-refractivity contribution in [1.29, 1.82) is 0 Å². The number of para-hydroxylation sites is 2. The molecule has 7 heteroatoms. The standard InChI is InChI=1S/C20H18FN5O/c21-14-4-3-6-16-18(14)19(23-12-22-16)25-10-8-13(9-11-25)26-17-7-2-1-5-15(17)24-20(26)27/h1-7,12-13H,8-11H2,(H,24,27). The number of aromatic nitrogens is 4. The fraction of sp³-hybridized carbons (Fsp3) is 0.250. The number of imidazole rings is 1. The van der Waals surface area contributed by atoms with E-state index in [1.807, 2.05) is 28.8 Å². The molecule has 6 nitrogen and oxygen atoms in total. The number of aromatic amines is 1. The molecule has 1 fully saturated rings. The van der Waals surface area contributed by atoms with Crippen molar-refractivity contribution < 1.29 is 4.39 Å². The van der Waals surface area contributed by atoms with Crippen molar-refractivity contribution >= 4 is 27.8 Å². The summed E-state index contributed by atoms with van der Waals surface area (Å²) in [5, 5.41) is 0.461. The molecule has 27 heavy (non-hydrogen) atoms. The van der Waals surface area contributed by atoms with Crippen LogP contribution in [0, 0.1) is 5.82 Å². The van der Waals surface area contributed by atoms with Crippen LogP contribution in [0.4, 0.5) is 10.2 Å². The second kappa shape index (κ2) is 6.19. The minimum Gasteiger partial charge on any atom is -0.356 e. The number of H-pyrrole nitrogens is 1. The van der Waals surface area contributed by atoms with Crippen LogP contribution in [-0.4, -0.2) is 32.6 Å². The maximum absolute atomic E-state index is 14.4. The lowest BCUT2D eigenvalue weighted by Crippen LogP contribution is -2.37. The predicted octanol–water partition coefficient (Wildman–Crippen LogP) is 3.25. The van der Waals surface area contributed by atoms with Gasteiger partial charge < -0.3 is 9.88 Å². The number of nitrogens with zero attached hydrogens (tertiary/aromatic N) is 4. The van der Waals surface area contributed by atoms with E-state index in [9.17, 15) is 9.18 Å². The topological polar surface area (TPSA) is 66.8 Å². The molecule has 1 aliphatic rings. The number of hydrogen-bond donors (Lipinski definition) is 1. The Morgan fingerprint density at radius 3 is 2.70 bits per heavy atom. The van der Waals surface area contributed by atoms with Gasteiger partial charge in [0.25, 0.3) is 0 Å². The fourth-order valence-corrected chi connectivity index (χ4v) is 4.06. The average Bonchev–Trinajstić information content (AvgIpc) is 3.04. The molecular weight excluding hydrogens is 345 g/mol. The van der Waals surface area contributed by atoms with Crippen molar-refractivity contribution in [1.82, 2.24) is 19.5 Å². The Morgan fingerprint density at radius 1 is 1.04 bits per heavy atom. The third kappa shape index (κ3) is 2.58. The Bertz CT molecular complexity index is 1180. The summed E-state index contributed by atoms with van der Waals surface area (Å²) in [4.78, 5) is 26.0. The number of halogens is 1. The molecule has 1 saturated heterocycles. The predicted molar refractivity (Wildman–Crippen MR) is 103 cm³/mol. The Hall–Kier alpha value is -3.22. The van der Waals surface area contributed by atoms with Crippen molar-refractivity contribution in [3.8, 4) is 0 Å². The van der Waals surface area contributed by atoms with E-state index in [2.05, 4.69) is 19.9 Å². The van der Waals surface area contributed by atoms with E-state index in [1.54, 1.807) is 12.1 Å². The van der Waals surface area contributed by atoms with Crippen LogP contribution in [0.1, 0.15) is 18.9 Å². The maximum Gasteiger partial charge on any atom is 0.326 e. The van der Waals surface area contributed by atoms with Gasteiger partial charge in [-0.1, -0.05) is 18.2 Å². The van der Waals surface area contributed by atoms with Crippen LogP contribution in [0.2, 0.25) is 0 Å². The van der Waals surface area contributed by atoms with E-state index in [-0.39, 0.29) is 17.5 Å². The number of hydrogen-bond acceptors (Lipinski definition) is 4. The third-order valence-corrected chi connectivity index (χ3v) is 5.35. The smallest absolute Gasteiger partial charge is 0.326 e. The van der Waals surface area contributed by atoms with Crippen molar-refractivity contribution in [2.45, 2.75) is 18.9 Å². The molecule has 0 atom stereocenters. The Morgan fingerprint density at radius 2 is 1.85 bits per heavy atom. The van der Waals surface area contributed by atoms with Gasteiger partial charge in [0.15, 0.2) is 0 Å². The highest BCUT2D eigenvalue weighted by atomic mass is 19.1. The molecule has 0 bridgehead atoms. The van der Waals surface area contributed by atoms with Gasteiger partial charge in [-0.2, -0.15) is 0 Å². The molecular formula is C20H18FN5O. The Kier molecular flexibility index (Phi) is 3.67. The largest absolute Gasteiger partial charge is 0.356 e. The molecule has 3 heterocycles. The molecule has 0 amide bonds. The lowest BCUT2D eigenvalue weighted by Gasteiger charge is -2.33. The molecule has 2 aromatic heterocycles. The van der Waals surface area contributed by atoms with Crippen LogP contribution < -0.4 is 10.6 Å². The van der Waals surface area contributed by atoms with Gasteiger partial charge in [0, 0.05) is 19.1 Å². The van der Waals surface area contributed by atoms with Crippen LogP contribution in [0.25, 0.3) is 21.9 Å². The molecule has 1 N–H and O–H groups in total. The summed E-state index contributed by atoms with van der Waals surface area (Å²) in [6, 6.07) is 12.7. The summed E-state index contributed by atoms with van der Waals surface area (Å²) in [5.74, 6) is 0.320. The fourth-order valence-electron chi connectivity index (χ4n) is 4.06. The molecule has 1 aliphatic heterocycles. The zero-order valence-corrected chi connectivity index (χ0v) is 14.6. The first-order valence-corrected chi connectivity index (χ1v) is 9.06. The molecule has 136 valence electrons. The summed E-state index contributed by atoms with van der Waals surface area (Å²) in [6.45, 7) is 1.41. The lowest BCUT2D eigenvalue weighted by atomic mass is 10.0. The van der Waals surface area contributed by atoms with Crippen LogP contribution >= 0.6 is 0 Å². The van der Waals surface area contributed by atoms with E-state index in [4.69, 9.17) is 0 Å². The zero-order valence-electron chi connectivity index (χ0n) is 14.6. The SMILES string of the molecule is O=c1[nH]c2ccccc2n1C1CCN(c2ncnc3cccc(F)c23)CC1. The molecule has 5 rings (SSSR count). The first-order chi connectivity index (χ1) is 13.2. The van der Waals surface area contributed by atoms with E-state index < -0.39 is 0 Å². The second-order valence-corrected chi connectivity index (χ2v) is 6.87. The van der Waals surface area contributed by atoms with Crippen molar-refractivity contribution in [3.05, 3.63) is 65.1 Å². The maximum atomic E-state index is 14.4. The molecule has 0 saturated carbocycles. The number of benzene rings is 2. The Labute approximate surface area is 154 Å². The Balaban J connectivity index is 1.46. The summed E-state index contributed by atoms with van der Waals surface area (Å²) < 4.78 is 16.2. The van der Waals surface area contributed by atoms with Gasteiger partial charge in [-0.05, 0) is 37.1 Å². The zero-order chi connectivity index (χ0) is 18.4. The summed E-state index contributed by atoms with van der Waals surface area (Å²) in [7, 11) is 0. The number of piperidine rings is 1. The van der Waals surface area contributed by atoms with E-state index in [0.29, 0.717) is 29.8 Å². The van der Waals surface area contributed by atoms with Crippen molar-refractivity contribution in [3.63, 3.8) is 0 Å². The third-order valence-electron chi connectivity index (χ3n) is 5.35. The van der Waals surface area contributed by atoms with Gasteiger partial charge in [-0.25, -0.2) is 19.2 Å². The molecule has 2 aromatic carbocycles. The normalized spacial score (nSPS) is 15.7. The van der Waals surface area contributed by atoms with Gasteiger partial charge in [0.2, 0.25) is 0 Å². The highest BCUT2D eigenvalue weighted by Crippen LogP contribution is 2.31. The summed E-state index contributed by atoms with van der Waals surface area (Å²) >= 11 is 0. The summed E-state index contributed by atoms with van der Waals surface area (Å²) in [6.07, 6.45) is 3.07. The van der Waals surface area contributed by atoms with Crippen molar-refractivity contribution in [2.24, 2.45) is 0 Å². The van der Waals surface area contributed by atoms with Crippen LogP contribution in [-0.2, 0) is 0 Å². The van der Waals surface area contributed by atoms with Crippen molar-refractivity contribution in [2.75, 3.05) is 18.0 Å². The van der Waals surface area contributed by atoms with Gasteiger partial charge in [-0.3, -0.25) is 4.57 Å².